The van der Waals surface area contributed by atoms with E-state index in [-0.39, 0.29) is 6.61 Å². The zero-order chi connectivity index (χ0) is 24.1. The van der Waals surface area contributed by atoms with Crippen molar-refractivity contribution in [3.8, 4) is 36.0 Å². The molecule has 0 aromatic heterocycles. The molecule has 33 heavy (non-hydrogen) atoms. The number of hydrogen-bond acceptors (Lipinski definition) is 2. The second-order valence-electron chi connectivity index (χ2n) is 8.39. The van der Waals surface area contributed by atoms with Gasteiger partial charge in [0, 0.05) is 0 Å². The average Bonchev–Trinajstić information content (AvgIpc) is 2.82. The first-order valence-electron chi connectivity index (χ1n) is 13.0. The summed E-state index contributed by atoms with van der Waals surface area (Å²) < 4.78 is 0. The summed E-state index contributed by atoms with van der Waals surface area (Å²) >= 11 is 0. The zero-order valence-corrected chi connectivity index (χ0v) is 20.7. The highest BCUT2D eigenvalue weighted by atomic mass is 16.3. The predicted octanol–water partition coefficient (Wildman–Crippen LogP) is 7.28. The molecule has 1 atom stereocenters. The fourth-order valence-electron chi connectivity index (χ4n) is 3.49. The second-order valence-corrected chi connectivity index (χ2v) is 8.39. The zero-order valence-electron chi connectivity index (χ0n) is 20.7. The molecule has 0 aliphatic heterocycles. The number of aliphatic hydroxyl groups is 2. The number of aliphatic hydroxyl groups excluding tert-OH is 2. The Morgan fingerprint density at radius 2 is 1.06 bits per heavy atom. The molecule has 0 bridgehead atoms. The van der Waals surface area contributed by atoms with E-state index in [9.17, 15) is 5.11 Å². The first-order valence-corrected chi connectivity index (χ1v) is 13.0. The number of terminal acetylenes is 1. The molecule has 0 saturated heterocycles. The van der Waals surface area contributed by atoms with E-state index in [0.29, 0.717) is 0 Å². The average molecular weight is 451 g/mol. The van der Waals surface area contributed by atoms with E-state index in [1.165, 1.54) is 89.9 Å². The number of allylic oxidation sites excluding steroid dienone is 5. The second kappa shape index (κ2) is 27.9. The summed E-state index contributed by atoms with van der Waals surface area (Å²) in [5, 5.41) is 18.1. The maximum absolute atomic E-state index is 9.62. The Kier molecular flexibility index (Phi) is 26.0. The standard InChI is InChI=1S/C31H46O2/c1-2-3-4-5-6-7-8-9-10-11-12-13-14-15-16-17-18-19-20-21-22-23-25-28-31(33)29-26-24-27-30-32/h1,3-4,15-16,25,28,31-33H,5-14,17-23,30H2. The first kappa shape index (κ1) is 30.8. The van der Waals surface area contributed by atoms with Gasteiger partial charge in [0.05, 0.1) is 0 Å². The van der Waals surface area contributed by atoms with Gasteiger partial charge in [-0.1, -0.05) is 99.9 Å². The van der Waals surface area contributed by atoms with Crippen LogP contribution in [0, 0.1) is 36.0 Å². The van der Waals surface area contributed by atoms with Crippen molar-refractivity contribution in [1.82, 2.24) is 0 Å². The van der Waals surface area contributed by atoms with E-state index in [1.54, 1.807) is 6.08 Å². The van der Waals surface area contributed by atoms with Gasteiger partial charge in [-0.2, -0.15) is 0 Å². The predicted molar refractivity (Wildman–Crippen MR) is 143 cm³/mol. The van der Waals surface area contributed by atoms with Crippen molar-refractivity contribution >= 4 is 0 Å². The molecular weight excluding hydrogens is 404 g/mol. The van der Waals surface area contributed by atoms with Crippen molar-refractivity contribution in [2.24, 2.45) is 0 Å². The number of hydrogen-bond donors (Lipinski definition) is 2. The minimum absolute atomic E-state index is 0.202. The molecule has 0 aliphatic rings. The van der Waals surface area contributed by atoms with Crippen LogP contribution in [-0.4, -0.2) is 22.9 Å². The Labute approximate surface area is 204 Å². The summed E-state index contributed by atoms with van der Waals surface area (Å²) in [6.45, 7) is -0.202. The van der Waals surface area contributed by atoms with E-state index >= 15 is 0 Å². The molecule has 182 valence electrons. The molecule has 0 aliphatic carbocycles. The van der Waals surface area contributed by atoms with Crippen LogP contribution >= 0.6 is 0 Å². The van der Waals surface area contributed by atoms with Gasteiger partial charge in [0.2, 0.25) is 0 Å². The van der Waals surface area contributed by atoms with Crippen molar-refractivity contribution in [3.05, 3.63) is 36.5 Å². The Morgan fingerprint density at radius 1 is 0.606 bits per heavy atom. The van der Waals surface area contributed by atoms with Gasteiger partial charge in [-0.25, -0.2) is 0 Å². The van der Waals surface area contributed by atoms with Gasteiger partial charge in [0.15, 0.2) is 0 Å². The summed E-state index contributed by atoms with van der Waals surface area (Å²) in [4.78, 5) is 0. The Bertz CT molecular complexity index is 670. The first-order chi connectivity index (χ1) is 16.3. The van der Waals surface area contributed by atoms with Crippen LogP contribution in [0.5, 0.6) is 0 Å². The molecule has 2 N–H and O–H groups in total. The van der Waals surface area contributed by atoms with E-state index in [1.807, 2.05) is 12.2 Å². The molecule has 0 amide bonds. The fourth-order valence-corrected chi connectivity index (χ4v) is 3.49. The summed E-state index contributed by atoms with van der Waals surface area (Å²) in [6.07, 6.45) is 38.4. The van der Waals surface area contributed by atoms with Crippen molar-refractivity contribution in [2.45, 2.75) is 115 Å². The van der Waals surface area contributed by atoms with Crippen LogP contribution in [0.2, 0.25) is 0 Å². The molecule has 0 rings (SSSR count). The van der Waals surface area contributed by atoms with Crippen LogP contribution in [-0.2, 0) is 0 Å². The van der Waals surface area contributed by atoms with Crippen LogP contribution in [0.3, 0.4) is 0 Å². The lowest BCUT2D eigenvalue weighted by molar-refractivity contribution is 0.280. The summed E-state index contributed by atoms with van der Waals surface area (Å²) in [5.74, 6) is 12.6. The fraction of sp³-hybridized carbons (Fsp3) is 0.613. The van der Waals surface area contributed by atoms with Gasteiger partial charge >= 0.3 is 0 Å². The maximum Gasteiger partial charge on any atom is 0.134 e. The summed E-state index contributed by atoms with van der Waals surface area (Å²) in [7, 11) is 0. The Morgan fingerprint density at radius 3 is 1.55 bits per heavy atom. The number of rotatable bonds is 20. The van der Waals surface area contributed by atoms with Crippen molar-refractivity contribution in [3.63, 3.8) is 0 Å². The maximum atomic E-state index is 9.62. The highest BCUT2D eigenvalue weighted by molar-refractivity contribution is 5.28. The molecule has 2 nitrogen and oxygen atoms in total. The van der Waals surface area contributed by atoms with Gasteiger partial charge in [-0.15, -0.1) is 6.42 Å². The summed E-state index contributed by atoms with van der Waals surface area (Å²) in [5.41, 5.74) is 0. The quantitative estimate of drug-likeness (QED) is 0.116. The van der Waals surface area contributed by atoms with Gasteiger partial charge < -0.3 is 10.2 Å². The molecule has 0 saturated carbocycles. The SMILES string of the molecule is C#CC=CCCCCCCCCCCC=CCCCCCCCC=CC(O)C#CC#CCO. The van der Waals surface area contributed by atoms with Crippen molar-refractivity contribution < 1.29 is 10.2 Å². The molecule has 1 unspecified atom stereocenters. The monoisotopic (exact) mass is 450 g/mol. The van der Waals surface area contributed by atoms with E-state index in [0.717, 1.165) is 19.3 Å². The summed E-state index contributed by atoms with van der Waals surface area (Å²) in [6, 6.07) is 0. The third-order valence-corrected chi connectivity index (χ3v) is 5.38. The molecule has 0 radical (unpaired) electrons. The highest BCUT2D eigenvalue weighted by Crippen LogP contribution is 2.12. The van der Waals surface area contributed by atoms with Gasteiger partial charge in [-0.3, -0.25) is 0 Å². The lowest BCUT2D eigenvalue weighted by atomic mass is 10.1. The number of unbranched alkanes of at least 4 members (excludes halogenated alkanes) is 15. The highest BCUT2D eigenvalue weighted by Gasteiger charge is 1.93. The molecule has 2 heteroatoms. The van der Waals surface area contributed by atoms with Crippen LogP contribution < -0.4 is 0 Å². The molecular formula is C31H46O2. The van der Waals surface area contributed by atoms with Gasteiger partial charge in [0.25, 0.3) is 0 Å². The minimum atomic E-state index is -0.771. The molecule has 0 aromatic rings. The Hall–Kier alpha value is -2.18. The lowest BCUT2D eigenvalue weighted by Gasteiger charge is -2.01. The van der Waals surface area contributed by atoms with Crippen LogP contribution in [0.25, 0.3) is 0 Å². The molecule has 0 heterocycles. The van der Waals surface area contributed by atoms with E-state index in [4.69, 9.17) is 11.5 Å². The Balaban J connectivity index is 3.31. The molecule has 0 fully saturated rings. The largest absolute Gasteiger partial charge is 0.384 e. The minimum Gasteiger partial charge on any atom is -0.384 e. The van der Waals surface area contributed by atoms with Gasteiger partial charge in [-0.05, 0) is 75.4 Å². The smallest absolute Gasteiger partial charge is 0.134 e. The van der Waals surface area contributed by atoms with Crippen LogP contribution in [0.4, 0.5) is 0 Å². The normalized spacial score (nSPS) is 11.9. The van der Waals surface area contributed by atoms with Crippen molar-refractivity contribution in [2.75, 3.05) is 6.61 Å². The van der Waals surface area contributed by atoms with Crippen LogP contribution in [0.15, 0.2) is 36.5 Å². The van der Waals surface area contributed by atoms with E-state index < -0.39 is 6.10 Å². The van der Waals surface area contributed by atoms with Crippen molar-refractivity contribution in [1.29, 1.82) is 0 Å². The topological polar surface area (TPSA) is 40.5 Å². The molecule has 0 aromatic carbocycles. The van der Waals surface area contributed by atoms with Crippen LogP contribution in [0.1, 0.15) is 109 Å². The lowest BCUT2D eigenvalue weighted by Crippen LogP contribution is -1.96. The molecule has 0 spiro atoms. The van der Waals surface area contributed by atoms with E-state index in [2.05, 4.69) is 47.8 Å². The third kappa shape index (κ3) is 27.8. The van der Waals surface area contributed by atoms with Gasteiger partial charge in [0.1, 0.15) is 12.7 Å². The third-order valence-electron chi connectivity index (χ3n) is 5.38.